The molecule has 3 nitrogen and oxygen atoms in total. The molecule has 0 N–H and O–H groups in total. The monoisotopic (exact) mass is 450 g/mol. The van der Waals surface area contributed by atoms with Crippen LogP contribution >= 0.6 is 0 Å². The van der Waals surface area contributed by atoms with Crippen LogP contribution in [0.4, 0.5) is 0 Å². The maximum absolute atomic E-state index is 6.26. The molecular formula is C24H30O3Si3. The maximum atomic E-state index is 6.26. The van der Waals surface area contributed by atoms with Crippen LogP contribution in [0.25, 0.3) is 0 Å². The Morgan fingerprint density at radius 1 is 0.400 bits per heavy atom. The quantitative estimate of drug-likeness (QED) is 0.298. The van der Waals surface area contributed by atoms with Gasteiger partial charge in [0.25, 0.3) is 0 Å². The third-order valence-corrected chi connectivity index (χ3v) is 12.1. The zero-order chi connectivity index (χ0) is 22.8. The van der Waals surface area contributed by atoms with Crippen molar-refractivity contribution in [1.29, 1.82) is 0 Å². The van der Waals surface area contributed by atoms with Crippen molar-refractivity contribution in [2.24, 2.45) is 0 Å². The molecule has 156 valence electrons. The third-order valence-electron chi connectivity index (χ3n) is 4.61. The van der Waals surface area contributed by atoms with E-state index in [1.54, 1.807) is 69.5 Å². The van der Waals surface area contributed by atoms with Crippen molar-refractivity contribution in [1.82, 2.24) is 0 Å². The molecular weight excluding hydrogens is 421 g/mol. The topological polar surface area (TPSA) is 27.7 Å². The standard InChI is InChI=1S/C24H30O3Si3/c1-10-28(11-2,12-3)25-22-19-23(26-29(13-4,14-5)15-6)21-24(20-22)27-30(16-7,17-8)18-9/h10-21H,1-9H2. The zero-order valence-electron chi connectivity index (χ0n) is 17.5. The molecule has 0 fully saturated rings. The number of hydrogen-bond acceptors (Lipinski definition) is 3. The highest BCUT2D eigenvalue weighted by Crippen LogP contribution is 2.33. The van der Waals surface area contributed by atoms with Gasteiger partial charge >= 0.3 is 25.0 Å². The van der Waals surface area contributed by atoms with Crippen LogP contribution in [0.15, 0.2) is 129 Å². The van der Waals surface area contributed by atoms with Gasteiger partial charge in [0.1, 0.15) is 17.2 Å². The molecule has 6 heteroatoms. The predicted octanol–water partition coefficient (Wildman–Crippen LogP) is 6.19. The van der Waals surface area contributed by atoms with Crippen LogP contribution in [0.3, 0.4) is 0 Å². The maximum Gasteiger partial charge on any atom is 0.323 e. The minimum absolute atomic E-state index is 0.536. The van der Waals surface area contributed by atoms with Gasteiger partial charge < -0.3 is 13.3 Å². The fourth-order valence-corrected chi connectivity index (χ4v) is 6.29. The van der Waals surface area contributed by atoms with Crippen LogP contribution in [0.5, 0.6) is 17.2 Å². The summed E-state index contributed by atoms with van der Waals surface area (Å²) < 4.78 is 18.8. The van der Waals surface area contributed by atoms with E-state index in [1.165, 1.54) is 0 Å². The first kappa shape index (κ1) is 25.0. The molecule has 0 saturated carbocycles. The van der Waals surface area contributed by atoms with Crippen LogP contribution in [-0.4, -0.2) is 25.0 Å². The Bertz CT molecular complexity index is 694. The first-order valence-corrected chi connectivity index (χ1v) is 15.7. The summed E-state index contributed by atoms with van der Waals surface area (Å²) in [7, 11) is -7.77. The Morgan fingerprint density at radius 2 is 0.567 bits per heavy atom. The van der Waals surface area contributed by atoms with Crippen molar-refractivity contribution in [3.05, 3.63) is 129 Å². The third kappa shape index (κ3) is 5.50. The lowest BCUT2D eigenvalue weighted by molar-refractivity contribution is 0.525. The normalized spacial score (nSPS) is 11.2. The molecule has 0 aliphatic heterocycles. The summed E-state index contributed by atoms with van der Waals surface area (Å²) in [5.74, 6) is 1.61. The first-order valence-electron chi connectivity index (χ1n) is 9.23. The minimum atomic E-state index is -2.59. The highest BCUT2D eigenvalue weighted by atomic mass is 28.4. The molecule has 0 atom stereocenters. The molecule has 0 unspecified atom stereocenters. The van der Waals surface area contributed by atoms with Gasteiger partial charge in [-0.1, -0.05) is 51.3 Å². The van der Waals surface area contributed by atoms with Crippen molar-refractivity contribution in [2.45, 2.75) is 0 Å². The van der Waals surface area contributed by atoms with E-state index in [9.17, 15) is 0 Å². The fourth-order valence-electron chi connectivity index (χ4n) is 2.46. The van der Waals surface area contributed by atoms with Crippen LogP contribution in [0.1, 0.15) is 0 Å². The van der Waals surface area contributed by atoms with Gasteiger partial charge in [0, 0.05) is 18.2 Å². The van der Waals surface area contributed by atoms with Crippen LogP contribution in [-0.2, 0) is 0 Å². The Kier molecular flexibility index (Phi) is 8.85. The van der Waals surface area contributed by atoms with Gasteiger partial charge in [0.05, 0.1) is 0 Å². The fraction of sp³-hybridized carbons (Fsp3) is 0. The van der Waals surface area contributed by atoms with Crippen LogP contribution < -0.4 is 13.3 Å². The lowest BCUT2D eigenvalue weighted by atomic mass is 10.3. The SMILES string of the molecule is C=C[Si](C=C)(C=C)Oc1cc(O[Si](C=C)(C=C)C=C)cc(O[Si](C=C)(C=C)C=C)c1. The second-order valence-electron chi connectivity index (χ2n) is 6.34. The van der Waals surface area contributed by atoms with Crippen LogP contribution in [0.2, 0.25) is 0 Å². The van der Waals surface area contributed by atoms with E-state index in [4.69, 9.17) is 13.3 Å². The van der Waals surface area contributed by atoms with Gasteiger partial charge in [-0.05, 0) is 0 Å². The smallest absolute Gasteiger partial charge is 0.323 e. The molecule has 30 heavy (non-hydrogen) atoms. The van der Waals surface area contributed by atoms with E-state index in [0.29, 0.717) is 17.2 Å². The lowest BCUT2D eigenvalue weighted by Gasteiger charge is -2.27. The lowest BCUT2D eigenvalue weighted by Crippen LogP contribution is -2.37. The Morgan fingerprint density at radius 3 is 0.700 bits per heavy atom. The van der Waals surface area contributed by atoms with Crippen molar-refractivity contribution < 1.29 is 13.3 Å². The average molecular weight is 451 g/mol. The summed E-state index contributed by atoms with van der Waals surface area (Å²) in [5.41, 5.74) is 15.7. The Hall–Kier alpha value is -3.07. The second-order valence-corrected chi connectivity index (χ2v) is 15.8. The molecule has 0 amide bonds. The summed E-state index contributed by atoms with van der Waals surface area (Å²) in [6, 6.07) is 5.34. The Balaban J connectivity index is 3.59. The van der Waals surface area contributed by atoms with Gasteiger partial charge in [-0.2, -0.15) is 0 Å². The van der Waals surface area contributed by atoms with E-state index >= 15 is 0 Å². The van der Waals surface area contributed by atoms with E-state index < -0.39 is 25.0 Å². The molecule has 0 aliphatic carbocycles. The molecule has 0 radical (unpaired) electrons. The van der Waals surface area contributed by atoms with Crippen molar-refractivity contribution in [2.75, 3.05) is 0 Å². The van der Waals surface area contributed by atoms with Gasteiger partial charge in [-0.25, -0.2) is 0 Å². The van der Waals surface area contributed by atoms with Gasteiger partial charge in [0.2, 0.25) is 0 Å². The Labute approximate surface area is 184 Å². The minimum Gasteiger partial charge on any atom is -0.532 e. The molecule has 0 spiro atoms. The van der Waals surface area contributed by atoms with Gasteiger partial charge in [0.15, 0.2) is 0 Å². The van der Waals surface area contributed by atoms with E-state index in [1.807, 2.05) is 0 Å². The van der Waals surface area contributed by atoms with Crippen molar-refractivity contribution >= 4 is 25.0 Å². The highest BCUT2D eigenvalue weighted by molar-refractivity contribution is 6.89. The summed E-state index contributed by atoms with van der Waals surface area (Å²) in [6.07, 6.45) is 0. The largest absolute Gasteiger partial charge is 0.532 e. The van der Waals surface area contributed by atoms with Gasteiger partial charge in [-0.15, -0.1) is 59.2 Å². The number of hydrogen-bond donors (Lipinski definition) is 0. The number of benzene rings is 1. The van der Waals surface area contributed by atoms with Gasteiger partial charge in [-0.3, -0.25) is 0 Å². The number of rotatable bonds is 15. The summed E-state index contributed by atoms with van der Waals surface area (Å²) in [5, 5.41) is 0. The zero-order valence-corrected chi connectivity index (χ0v) is 20.5. The first-order chi connectivity index (χ1) is 14.3. The molecule has 0 saturated heterocycles. The molecule has 1 aromatic carbocycles. The summed E-state index contributed by atoms with van der Waals surface area (Å²) >= 11 is 0. The molecule has 0 heterocycles. The average Bonchev–Trinajstić information content (AvgIpc) is 2.79. The molecule has 0 aliphatic rings. The van der Waals surface area contributed by atoms with Crippen LogP contribution in [0, 0.1) is 0 Å². The highest BCUT2D eigenvalue weighted by Gasteiger charge is 2.30. The summed E-state index contributed by atoms with van der Waals surface area (Å²) in [6.45, 7) is 34.9. The van der Waals surface area contributed by atoms with E-state index in [0.717, 1.165) is 0 Å². The van der Waals surface area contributed by atoms with Crippen molar-refractivity contribution in [3.8, 4) is 17.2 Å². The molecule has 0 bridgehead atoms. The second kappa shape index (κ2) is 10.6. The molecule has 1 rings (SSSR count). The molecule has 1 aromatic rings. The van der Waals surface area contributed by atoms with E-state index in [2.05, 4.69) is 59.2 Å². The molecule has 0 aromatic heterocycles. The summed E-state index contributed by atoms with van der Waals surface area (Å²) in [4.78, 5) is 0. The van der Waals surface area contributed by atoms with E-state index in [-0.39, 0.29) is 0 Å². The predicted molar refractivity (Wildman–Crippen MR) is 137 cm³/mol. The van der Waals surface area contributed by atoms with Crippen molar-refractivity contribution in [3.63, 3.8) is 0 Å².